The van der Waals surface area contributed by atoms with E-state index in [4.69, 9.17) is 9.15 Å². The molecule has 0 aliphatic heterocycles. The van der Waals surface area contributed by atoms with Crippen LogP contribution in [0.4, 0.5) is 0 Å². The molecule has 0 aliphatic carbocycles. The van der Waals surface area contributed by atoms with E-state index in [1.807, 2.05) is 19.1 Å². The van der Waals surface area contributed by atoms with Crippen LogP contribution < -0.4 is 0 Å². The fourth-order valence-electron chi connectivity index (χ4n) is 1.99. The molecule has 0 spiro atoms. The van der Waals surface area contributed by atoms with Crippen molar-refractivity contribution in [2.75, 3.05) is 7.11 Å². The lowest BCUT2D eigenvalue weighted by Crippen LogP contribution is -2.03. The molecule has 6 heteroatoms. The van der Waals surface area contributed by atoms with Gasteiger partial charge in [-0.05, 0) is 24.3 Å². The number of hydrogen-bond acceptors (Lipinski definition) is 5. The first-order valence-electron chi connectivity index (χ1n) is 6.25. The van der Waals surface area contributed by atoms with Gasteiger partial charge in [-0.25, -0.2) is 4.79 Å². The quantitative estimate of drug-likeness (QED) is 0.684. The van der Waals surface area contributed by atoms with Crippen molar-refractivity contribution in [1.29, 1.82) is 0 Å². The van der Waals surface area contributed by atoms with Gasteiger partial charge in [0, 0.05) is 12.6 Å². The normalized spacial score (nSPS) is 10.9. The van der Waals surface area contributed by atoms with Gasteiger partial charge in [0.2, 0.25) is 5.82 Å². The van der Waals surface area contributed by atoms with Crippen molar-refractivity contribution in [3.05, 3.63) is 41.8 Å². The van der Waals surface area contributed by atoms with Gasteiger partial charge in [0.05, 0.1) is 12.7 Å². The Kier molecular flexibility index (Phi) is 2.98. The van der Waals surface area contributed by atoms with Gasteiger partial charge in [0.25, 0.3) is 0 Å². The maximum absolute atomic E-state index is 11.6. The van der Waals surface area contributed by atoms with Crippen LogP contribution in [0.1, 0.15) is 23.0 Å². The molecular formula is C14H13N3O3. The number of nitrogens with zero attached hydrogens (tertiary/aromatic N) is 3. The molecule has 0 amide bonds. The van der Waals surface area contributed by atoms with Crippen molar-refractivity contribution in [3.8, 4) is 11.6 Å². The number of fused-ring (bicyclic) bond motifs is 1. The minimum Gasteiger partial charge on any atom is -0.465 e. The number of pyridine rings is 1. The number of rotatable bonds is 3. The molecule has 0 atom stereocenters. The van der Waals surface area contributed by atoms with Gasteiger partial charge in [-0.2, -0.15) is 0 Å². The summed E-state index contributed by atoms with van der Waals surface area (Å²) in [6.45, 7) is 2.01. The summed E-state index contributed by atoms with van der Waals surface area (Å²) in [7, 11) is 1.35. The standard InChI is InChI=1S/C14H13N3O3/c1-3-10-5-6-11(20-10)13-16-15-12-7-4-9(8-17(12)13)14(18)19-2/h4-8H,3H2,1-2H3. The Morgan fingerprint density at radius 2 is 2.15 bits per heavy atom. The monoisotopic (exact) mass is 271 g/mol. The topological polar surface area (TPSA) is 69.6 Å². The van der Waals surface area contributed by atoms with E-state index in [0.717, 1.165) is 12.2 Å². The highest BCUT2D eigenvalue weighted by Gasteiger charge is 2.14. The third-order valence-corrected chi connectivity index (χ3v) is 3.05. The van der Waals surface area contributed by atoms with Crippen LogP contribution >= 0.6 is 0 Å². The summed E-state index contributed by atoms with van der Waals surface area (Å²) in [6, 6.07) is 7.12. The highest BCUT2D eigenvalue weighted by atomic mass is 16.5. The van der Waals surface area contributed by atoms with Gasteiger partial charge in [-0.3, -0.25) is 4.40 Å². The average Bonchev–Trinajstić information content (AvgIpc) is 3.11. The molecule has 0 N–H and O–H groups in total. The summed E-state index contributed by atoms with van der Waals surface area (Å²) in [5.74, 6) is 1.66. The largest absolute Gasteiger partial charge is 0.465 e. The molecule has 3 rings (SSSR count). The third kappa shape index (κ3) is 1.95. The fraction of sp³-hybridized carbons (Fsp3) is 0.214. The Balaban J connectivity index is 2.13. The van der Waals surface area contributed by atoms with Crippen molar-refractivity contribution in [2.24, 2.45) is 0 Å². The number of aromatic nitrogens is 3. The minimum atomic E-state index is -0.403. The van der Waals surface area contributed by atoms with E-state index in [-0.39, 0.29) is 0 Å². The SMILES string of the molecule is CCc1ccc(-c2nnc3ccc(C(=O)OC)cn23)o1. The molecule has 3 aromatic rings. The number of methoxy groups -OCH3 is 1. The molecule has 0 bridgehead atoms. The molecule has 20 heavy (non-hydrogen) atoms. The number of furan rings is 1. The van der Waals surface area contributed by atoms with Crippen molar-refractivity contribution >= 4 is 11.6 Å². The molecule has 102 valence electrons. The van der Waals surface area contributed by atoms with E-state index < -0.39 is 5.97 Å². The Hall–Kier alpha value is -2.63. The number of carbonyl (C=O) groups is 1. The molecule has 0 unspecified atom stereocenters. The first-order chi connectivity index (χ1) is 9.72. The van der Waals surface area contributed by atoms with Gasteiger partial charge in [0.15, 0.2) is 11.4 Å². The second-order valence-corrected chi connectivity index (χ2v) is 4.28. The van der Waals surface area contributed by atoms with Crippen LogP contribution in [0.25, 0.3) is 17.2 Å². The first kappa shape index (κ1) is 12.4. The molecule has 0 saturated heterocycles. The van der Waals surface area contributed by atoms with Crippen LogP contribution in [0.15, 0.2) is 34.9 Å². The Morgan fingerprint density at radius 3 is 2.85 bits per heavy atom. The van der Waals surface area contributed by atoms with Gasteiger partial charge >= 0.3 is 5.97 Å². The van der Waals surface area contributed by atoms with Crippen molar-refractivity contribution in [2.45, 2.75) is 13.3 Å². The maximum atomic E-state index is 11.6. The van der Waals surface area contributed by atoms with Crippen molar-refractivity contribution in [3.63, 3.8) is 0 Å². The zero-order valence-corrected chi connectivity index (χ0v) is 11.2. The van der Waals surface area contributed by atoms with Crippen LogP contribution in [-0.2, 0) is 11.2 Å². The third-order valence-electron chi connectivity index (χ3n) is 3.05. The Morgan fingerprint density at radius 1 is 1.30 bits per heavy atom. The van der Waals surface area contributed by atoms with E-state index in [1.165, 1.54) is 7.11 Å². The number of hydrogen-bond donors (Lipinski definition) is 0. The predicted molar refractivity (Wildman–Crippen MR) is 71.4 cm³/mol. The fourth-order valence-corrected chi connectivity index (χ4v) is 1.99. The van der Waals surface area contributed by atoms with Gasteiger partial charge in [-0.15, -0.1) is 10.2 Å². The van der Waals surface area contributed by atoms with Gasteiger partial charge < -0.3 is 9.15 Å². The van der Waals surface area contributed by atoms with E-state index in [1.54, 1.807) is 22.7 Å². The van der Waals surface area contributed by atoms with E-state index in [2.05, 4.69) is 10.2 Å². The average molecular weight is 271 g/mol. The Bertz CT molecular complexity index is 773. The highest BCUT2D eigenvalue weighted by Crippen LogP contribution is 2.22. The lowest BCUT2D eigenvalue weighted by Gasteiger charge is -2.01. The number of aryl methyl sites for hydroxylation is 1. The summed E-state index contributed by atoms with van der Waals surface area (Å²) in [5.41, 5.74) is 1.07. The molecule has 6 nitrogen and oxygen atoms in total. The molecule has 0 fully saturated rings. The second-order valence-electron chi connectivity index (χ2n) is 4.28. The summed E-state index contributed by atoms with van der Waals surface area (Å²) in [4.78, 5) is 11.6. The van der Waals surface area contributed by atoms with Crippen molar-refractivity contribution in [1.82, 2.24) is 14.6 Å². The van der Waals surface area contributed by atoms with E-state index in [0.29, 0.717) is 22.8 Å². The molecule has 0 radical (unpaired) electrons. The van der Waals surface area contributed by atoms with Crippen LogP contribution in [0.3, 0.4) is 0 Å². The minimum absolute atomic E-state index is 0.403. The molecule has 0 aromatic carbocycles. The molecule has 3 aromatic heterocycles. The van der Waals surface area contributed by atoms with Crippen LogP contribution in [0.2, 0.25) is 0 Å². The zero-order chi connectivity index (χ0) is 14.1. The summed E-state index contributed by atoms with van der Waals surface area (Å²) in [6.07, 6.45) is 2.45. The molecule has 0 saturated carbocycles. The number of ether oxygens (including phenoxy) is 1. The van der Waals surface area contributed by atoms with Crippen LogP contribution in [-0.4, -0.2) is 27.7 Å². The van der Waals surface area contributed by atoms with Gasteiger partial charge in [-0.1, -0.05) is 6.92 Å². The first-order valence-corrected chi connectivity index (χ1v) is 6.25. The van der Waals surface area contributed by atoms with Gasteiger partial charge in [0.1, 0.15) is 5.76 Å². The smallest absolute Gasteiger partial charge is 0.339 e. The van der Waals surface area contributed by atoms with Crippen LogP contribution in [0, 0.1) is 0 Å². The summed E-state index contributed by atoms with van der Waals surface area (Å²) in [5, 5.41) is 8.16. The molecule has 3 heterocycles. The lowest BCUT2D eigenvalue weighted by molar-refractivity contribution is 0.0600. The summed E-state index contributed by atoms with van der Waals surface area (Å²) >= 11 is 0. The summed E-state index contributed by atoms with van der Waals surface area (Å²) < 4.78 is 12.1. The van der Waals surface area contributed by atoms with E-state index >= 15 is 0 Å². The Labute approximate surface area is 115 Å². The van der Waals surface area contributed by atoms with Crippen molar-refractivity contribution < 1.29 is 13.9 Å². The number of esters is 1. The molecular weight excluding hydrogens is 258 g/mol. The van der Waals surface area contributed by atoms with E-state index in [9.17, 15) is 4.79 Å². The predicted octanol–water partition coefficient (Wildman–Crippen LogP) is 2.34. The zero-order valence-electron chi connectivity index (χ0n) is 11.2. The highest BCUT2D eigenvalue weighted by molar-refractivity contribution is 5.89. The second kappa shape index (κ2) is 4.80. The number of carbonyl (C=O) groups excluding carboxylic acids is 1. The maximum Gasteiger partial charge on any atom is 0.339 e. The molecule has 0 aliphatic rings. The van der Waals surface area contributed by atoms with Crippen LogP contribution in [0.5, 0.6) is 0 Å². The lowest BCUT2D eigenvalue weighted by atomic mass is 10.3.